The third kappa shape index (κ3) is 8.90. The average Bonchev–Trinajstić information content (AvgIpc) is 3.48. The van der Waals surface area contributed by atoms with Crippen molar-refractivity contribution in [2.24, 2.45) is 0 Å². The zero-order valence-electron chi connectivity index (χ0n) is 31.8. The summed E-state index contributed by atoms with van der Waals surface area (Å²) in [6, 6.07) is 24.8. The van der Waals surface area contributed by atoms with Gasteiger partial charge in [0.05, 0.1) is 29.5 Å². The van der Waals surface area contributed by atoms with Gasteiger partial charge in [0, 0.05) is 48.1 Å². The number of benzene rings is 3. The van der Waals surface area contributed by atoms with Crippen molar-refractivity contribution in [1.29, 1.82) is 0 Å². The zero-order valence-corrected chi connectivity index (χ0v) is 31.8. The van der Waals surface area contributed by atoms with Crippen LogP contribution in [0.3, 0.4) is 0 Å². The zero-order chi connectivity index (χ0) is 38.5. The summed E-state index contributed by atoms with van der Waals surface area (Å²) in [6.07, 6.45) is 5.68. The summed E-state index contributed by atoms with van der Waals surface area (Å²) in [5.74, 6) is 2.17. The average molecular weight is 739 g/mol. The number of hydrogen-bond acceptors (Lipinski definition) is 9. The topological polar surface area (TPSA) is 142 Å². The molecule has 0 radical (unpaired) electrons. The van der Waals surface area contributed by atoms with E-state index >= 15 is 0 Å². The highest BCUT2D eigenvalue weighted by molar-refractivity contribution is 6.07. The summed E-state index contributed by atoms with van der Waals surface area (Å²) in [5, 5.41) is 15.7. The van der Waals surface area contributed by atoms with Crippen LogP contribution in [0.5, 0.6) is 5.75 Å². The van der Waals surface area contributed by atoms with Gasteiger partial charge in [0.25, 0.3) is 5.91 Å². The lowest BCUT2D eigenvalue weighted by atomic mass is 9.92. The number of anilines is 4. The van der Waals surface area contributed by atoms with Crippen LogP contribution in [-0.2, 0) is 12.0 Å². The molecule has 1 aliphatic rings. The van der Waals surface area contributed by atoms with Gasteiger partial charge in [0.1, 0.15) is 35.5 Å². The van der Waals surface area contributed by atoms with Gasteiger partial charge in [-0.25, -0.2) is 24.4 Å². The largest absolute Gasteiger partial charge is 0.488 e. The third-order valence-electron chi connectivity index (χ3n) is 9.48. The summed E-state index contributed by atoms with van der Waals surface area (Å²) in [7, 11) is 2.07. The fourth-order valence-electron chi connectivity index (χ4n) is 6.33. The molecule has 55 heavy (non-hydrogen) atoms. The number of likely N-dealkylation sites (N-methyl/N-ethyl adjacent to an activating group) is 1. The second-order valence-corrected chi connectivity index (χ2v) is 14.8. The quantitative estimate of drug-likeness (QED) is 0.137. The molecule has 13 nitrogen and oxygen atoms in total. The van der Waals surface area contributed by atoms with E-state index in [4.69, 9.17) is 9.84 Å². The SMILES string of the molecule is Cc1ccc(-n2nc(C(C)(C)C)cc2NC(=O)Nc2ccc(OCc3ccnc(Nc4cnc(C(=O)N5CCCN(C)CC5)cn4)c3)c3ccccc23)cc1. The molecule has 13 heteroatoms. The van der Waals surface area contributed by atoms with E-state index in [-0.39, 0.29) is 24.0 Å². The van der Waals surface area contributed by atoms with Crippen molar-refractivity contribution in [3.63, 3.8) is 0 Å². The van der Waals surface area contributed by atoms with Gasteiger partial charge in [-0.3, -0.25) is 10.1 Å². The van der Waals surface area contributed by atoms with Crippen molar-refractivity contribution in [2.45, 2.75) is 46.1 Å². The molecule has 1 saturated heterocycles. The van der Waals surface area contributed by atoms with E-state index in [1.54, 1.807) is 17.1 Å². The van der Waals surface area contributed by atoms with E-state index in [1.807, 2.05) is 90.7 Å². The second kappa shape index (κ2) is 15.9. The smallest absolute Gasteiger partial charge is 0.324 e. The molecule has 0 aliphatic carbocycles. The Balaban J connectivity index is 1.01. The fraction of sp³-hybridized carbons (Fsp3) is 0.286. The number of nitrogens with zero attached hydrogens (tertiary/aromatic N) is 7. The maximum Gasteiger partial charge on any atom is 0.324 e. The van der Waals surface area contributed by atoms with Crippen molar-refractivity contribution < 1.29 is 14.3 Å². The number of urea groups is 1. The molecular weight excluding hydrogens is 693 g/mol. The predicted molar refractivity (Wildman–Crippen MR) is 215 cm³/mol. The molecule has 0 saturated carbocycles. The standard InChI is InChI=1S/C42H46N10O3/c1-28-11-13-30(14-12-28)52-39(24-36(49-52)42(2,3)4)48-41(54)46-33-15-16-35(32-10-7-6-9-31(32)33)55-27-29-17-18-43-37(23-29)47-38-26-44-34(25-45-38)40(53)51-20-8-19-50(5)21-22-51/h6-7,9-18,23-26H,8,19-22,27H2,1-5H3,(H,43,45,47)(H2,46,48,54). The molecule has 3 amide bonds. The van der Waals surface area contributed by atoms with Gasteiger partial charge in [-0.2, -0.15) is 5.10 Å². The van der Waals surface area contributed by atoms with Gasteiger partial charge < -0.3 is 25.2 Å². The number of pyridine rings is 1. The molecule has 1 aliphatic heterocycles. The van der Waals surface area contributed by atoms with E-state index in [2.05, 4.69) is 63.6 Å². The van der Waals surface area contributed by atoms with Crippen LogP contribution in [0.25, 0.3) is 16.5 Å². The maximum absolute atomic E-state index is 13.5. The van der Waals surface area contributed by atoms with Crippen molar-refractivity contribution in [3.05, 3.63) is 120 Å². The van der Waals surface area contributed by atoms with E-state index in [9.17, 15) is 9.59 Å². The fourth-order valence-corrected chi connectivity index (χ4v) is 6.33. The molecule has 1 fully saturated rings. The lowest BCUT2D eigenvalue weighted by Crippen LogP contribution is -2.35. The van der Waals surface area contributed by atoms with Crippen LogP contribution >= 0.6 is 0 Å². The minimum absolute atomic E-state index is 0.108. The van der Waals surface area contributed by atoms with Gasteiger partial charge in [-0.15, -0.1) is 0 Å². The first-order chi connectivity index (χ1) is 26.5. The summed E-state index contributed by atoms with van der Waals surface area (Å²) in [5.41, 5.74) is 4.49. The Kier molecular flexibility index (Phi) is 10.7. The Labute approximate surface area is 320 Å². The summed E-state index contributed by atoms with van der Waals surface area (Å²) in [4.78, 5) is 43.8. The van der Waals surface area contributed by atoms with Crippen LogP contribution in [0.2, 0.25) is 0 Å². The number of fused-ring (bicyclic) bond motifs is 1. The maximum atomic E-state index is 13.5. The number of aryl methyl sites for hydroxylation is 1. The Morgan fingerprint density at radius 3 is 2.38 bits per heavy atom. The Morgan fingerprint density at radius 2 is 1.62 bits per heavy atom. The van der Waals surface area contributed by atoms with Crippen LogP contribution in [0.15, 0.2) is 97.5 Å². The highest BCUT2D eigenvalue weighted by Crippen LogP contribution is 2.33. The minimum Gasteiger partial charge on any atom is -0.488 e. The first-order valence-electron chi connectivity index (χ1n) is 18.4. The molecule has 0 unspecified atom stereocenters. The number of nitrogens with one attached hydrogen (secondary N) is 3. The molecule has 4 heterocycles. The normalized spacial score (nSPS) is 13.7. The van der Waals surface area contributed by atoms with Gasteiger partial charge in [0.2, 0.25) is 0 Å². The van der Waals surface area contributed by atoms with Crippen molar-refractivity contribution in [3.8, 4) is 11.4 Å². The summed E-state index contributed by atoms with van der Waals surface area (Å²) in [6.45, 7) is 11.8. The summed E-state index contributed by atoms with van der Waals surface area (Å²) >= 11 is 0. The van der Waals surface area contributed by atoms with Crippen LogP contribution in [-0.4, -0.2) is 79.7 Å². The molecule has 282 valence electrons. The first-order valence-corrected chi connectivity index (χ1v) is 18.4. The number of rotatable bonds is 9. The van der Waals surface area contributed by atoms with Gasteiger partial charge >= 0.3 is 6.03 Å². The number of amides is 3. The number of carbonyl (C=O) groups is 2. The molecule has 0 spiro atoms. The molecular formula is C42H46N10O3. The molecule has 0 bridgehead atoms. The highest BCUT2D eigenvalue weighted by Gasteiger charge is 2.23. The minimum atomic E-state index is -0.388. The van der Waals surface area contributed by atoms with Crippen molar-refractivity contribution >= 4 is 45.9 Å². The highest BCUT2D eigenvalue weighted by atomic mass is 16.5. The van der Waals surface area contributed by atoms with E-state index in [0.29, 0.717) is 47.7 Å². The number of aromatic nitrogens is 5. The van der Waals surface area contributed by atoms with Gasteiger partial charge in [-0.1, -0.05) is 62.7 Å². The Bertz CT molecular complexity index is 2300. The lowest BCUT2D eigenvalue weighted by Gasteiger charge is -2.19. The third-order valence-corrected chi connectivity index (χ3v) is 9.48. The molecule has 6 aromatic rings. The second-order valence-electron chi connectivity index (χ2n) is 14.8. The molecule has 3 N–H and O–H groups in total. The van der Waals surface area contributed by atoms with Crippen molar-refractivity contribution in [2.75, 3.05) is 49.2 Å². The summed E-state index contributed by atoms with van der Waals surface area (Å²) < 4.78 is 8.08. The van der Waals surface area contributed by atoms with Crippen LogP contribution < -0.4 is 20.7 Å². The van der Waals surface area contributed by atoms with Gasteiger partial charge in [-0.05, 0) is 68.9 Å². The number of hydrogen-bond donors (Lipinski definition) is 3. The monoisotopic (exact) mass is 738 g/mol. The number of ether oxygens (including phenoxy) is 1. The van der Waals surface area contributed by atoms with Gasteiger partial charge in [0.15, 0.2) is 0 Å². The Hall–Kier alpha value is -6.34. The molecule has 3 aromatic carbocycles. The van der Waals surface area contributed by atoms with Crippen LogP contribution in [0.4, 0.5) is 27.9 Å². The Morgan fingerprint density at radius 1 is 0.818 bits per heavy atom. The lowest BCUT2D eigenvalue weighted by molar-refractivity contribution is 0.0756. The van der Waals surface area contributed by atoms with E-state index in [1.165, 1.54) is 6.20 Å². The van der Waals surface area contributed by atoms with Crippen molar-refractivity contribution in [1.82, 2.24) is 34.5 Å². The van der Waals surface area contributed by atoms with E-state index < -0.39 is 0 Å². The van der Waals surface area contributed by atoms with Crippen LogP contribution in [0, 0.1) is 6.92 Å². The van der Waals surface area contributed by atoms with Crippen LogP contribution in [0.1, 0.15) is 54.5 Å². The molecule has 3 aromatic heterocycles. The molecule has 0 atom stereocenters. The predicted octanol–water partition coefficient (Wildman–Crippen LogP) is 7.56. The number of carbonyl (C=O) groups excluding carboxylic acids is 2. The first kappa shape index (κ1) is 37.0. The molecule has 7 rings (SSSR count). The van der Waals surface area contributed by atoms with E-state index in [0.717, 1.165) is 52.8 Å².